The van der Waals surface area contributed by atoms with Gasteiger partial charge in [-0.1, -0.05) is 31.4 Å². The van der Waals surface area contributed by atoms with Crippen molar-refractivity contribution in [3.8, 4) is 0 Å². The van der Waals surface area contributed by atoms with Crippen molar-refractivity contribution in [1.29, 1.82) is 0 Å². The lowest BCUT2D eigenvalue weighted by molar-refractivity contribution is -0.122. The van der Waals surface area contributed by atoms with Crippen molar-refractivity contribution in [3.63, 3.8) is 0 Å². The molecule has 0 aliphatic carbocycles. The molecule has 0 heterocycles. The van der Waals surface area contributed by atoms with Gasteiger partial charge in [-0.15, -0.1) is 0 Å². The highest BCUT2D eigenvalue weighted by Crippen LogP contribution is 2.05. The number of hydrogen-bond donors (Lipinski definition) is 1. The normalized spacial score (nSPS) is 10.4. The van der Waals surface area contributed by atoms with E-state index in [0.717, 1.165) is 5.57 Å². The third-order valence-corrected chi connectivity index (χ3v) is 1.62. The SMILES string of the molecule is C=C/C=C(\C=C)CCC(=O)NCC=O. The zero-order chi connectivity index (χ0) is 10.8. The number of amides is 1. The van der Waals surface area contributed by atoms with Gasteiger partial charge < -0.3 is 10.1 Å². The van der Waals surface area contributed by atoms with Crippen molar-refractivity contribution in [2.45, 2.75) is 12.8 Å². The molecule has 14 heavy (non-hydrogen) atoms. The number of carbonyl (C=O) groups is 2. The van der Waals surface area contributed by atoms with E-state index in [0.29, 0.717) is 19.1 Å². The molecule has 3 heteroatoms. The highest BCUT2D eigenvalue weighted by atomic mass is 16.2. The highest BCUT2D eigenvalue weighted by molar-refractivity contribution is 5.78. The molecule has 0 spiro atoms. The summed E-state index contributed by atoms with van der Waals surface area (Å²) in [5, 5.41) is 2.46. The van der Waals surface area contributed by atoms with Crippen LogP contribution in [0.15, 0.2) is 37.0 Å². The third-order valence-electron chi connectivity index (χ3n) is 1.62. The summed E-state index contributed by atoms with van der Waals surface area (Å²) in [7, 11) is 0. The van der Waals surface area contributed by atoms with Crippen molar-refractivity contribution in [3.05, 3.63) is 37.0 Å². The van der Waals surface area contributed by atoms with Gasteiger partial charge in [-0.05, 0) is 12.0 Å². The Kier molecular flexibility index (Phi) is 7.05. The van der Waals surface area contributed by atoms with Crippen LogP contribution in [0.4, 0.5) is 0 Å². The predicted octanol–water partition coefficient (Wildman–Crippen LogP) is 1.38. The van der Waals surface area contributed by atoms with E-state index < -0.39 is 0 Å². The molecule has 0 unspecified atom stereocenters. The lowest BCUT2D eigenvalue weighted by atomic mass is 10.1. The van der Waals surface area contributed by atoms with E-state index in [9.17, 15) is 9.59 Å². The van der Waals surface area contributed by atoms with Gasteiger partial charge in [0.05, 0.1) is 6.54 Å². The molecule has 1 amide bonds. The molecule has 3 nitrogen and oxygen atoms in total. The quantitative estimate of drug-likeness (QED) is 0.490. The molecular weight excluding hydrogens is 178 g/mol. The lowest BCUT2D eigenvalue weighted by Crippen LogP contribution is -2.24. The standard InChI is InChI=1S/C11H15NO2/c1-3-5-10(4-2)6-7-11(14)12-8-9-13/h3-5,9H,1-2,6-8H2,(H,12,14)/b10-5+. The number of allylic oxidation sites excluding steroid dienone is 4. The van der Waals surface area contributed by atoms with E-state index in [-0.39, 0.29) is 12.5 Å². The number of carbonyl (C=O) groups excluding carboxylic acids is 2. The number of hydrogen-bond acceptors (Lipinski definition) is 2. The summed E-state index contributed by atoms with van der Waals surface area (Å²) in [6.45, 7) is 7.25. The molecule has 0 saturated heterocycles. The smallest absolute Gasteiger partial charge is 0.220 e. The van der Waals surface area contributed by atoms with Gasteiger partial charge in [0.2, 0.25) is 5.91 Å². The van der Waals surface area contributed by atoms with E-state index in [1.54, 1.807) is 18.2 Å². The molecule has 0 rings (SSSR count). The Labute approximate surface area is 84.2 Å². The summed E-state index contributed by atoms with van der Waals surface area (Å²) in [4.78, 5) is 21.0. The molecule has 1 N–H and O–H groups in total. The predicted molar refractivity (Wildman–Crippen MR) is 56.8 cm³/mol. The average molecular weight is 193 g/mol. The molecule has 0 aliphatic rings. The van der Waals surface area contributed by atoms with E-state index in [2.05, 4.69) is 18.5 Å². The van der Waals surface area contributed by atoms with Crippen LogP contribution in [0.1, 0.15) is 12.8 Å². The summed E-state index contributed by atoms with van der Waals surface area (Å²) in [6.07, 6.45) is 6.78. The topological polar surface area (TPSA) is 46.2 Å². The van der Waals surface area contributed by atoms with Gasteiger partial charge >= 0.3 is 0 Å². The molecule has 0 atom stereocenters. The van der Waals surface area contributed by atoms with Crippen LogP contribution in [0.2, 0.25) is 0 Å². The molecule has 0 saturated carbocycles. The Bertz CT molecular complexity index is 254. The van der Waals surface area contributed by atoms with Gasteiger partial charge in [0.15, 0.2) is 0 Å². The zero-order valence-electron chi connectivity index (χ0n) is 8.16. The van der Waals surface area contributed by atoms with Crippen molar-refractivity contribution in [1.82, 2.24) is 5.32 Å². The monoisotopic (exact) mass is 193 g/mol. The maximum Gasteiger partial charge on any atom is 0.220 e. The van der Waals surface area contributed by atoms with Crippen LogP contribution < -0.4 is 5.32 Å². The first kappa shape index (κ1) is 12.4. The van der Waals surface area contributed by atoms with Crippen LogP contribution >= 0.6 is 0 Å². The maximum atomic E-state index is 11.1. The second-order valence-electron chi connectivity index (χ2n) is 2.65. The fraction of sp³-hybridized carbons (Fsp3) is 0.273. The summed E-state index contributed by atoms with van der Waals surface area (Å²) in [5.41, 5.74) is 0.959. The van der Waals surface area contributed by atoms with Gasteiger partial charge in [0.1, 0.15) is 6.29 Å². The highest BCUT2D eigenvalue weighted by Gasteiger charge is 2.00. The van der Waals surface area contributed by atoms with Crippen LogP contribution in [0.3, 0.4) is 0 Å². The van der Waals surface area contributed by atoms with Crippen molar-refractivity contribution in [2.24, 2.45) is 0 Å². The lowest BCUT2D eigenvalue weighted by Gasteiger charge is -2.01. The van der Waals surface area contributed by atoms with Gasteiger partial charge in [0, 0.05) is 6.42 Å². The second kappa shape index (κ2) is 7.98. The molecule has 0 aromatic heterocycles. The molecule has 0 radical (unpaired) electrons. The van der Waals surface area contributed by atoms with E-state index in [4.69, 9.17) is 0 Å². The minimum atomic E-state index is -0.131. The minimum Gasteiger partial charge on any atom is -0.349 e. The molecule has 0 aromatic carbocycles. The summed E-state index contributed by atoms with van der Waals surface area (Å²) in [5.74, 6) is -0.131. The van der Waals surface area contributed by atoms with Crippen LogP contribution in [0.5, 0.6) is 0 Å². The van der Waals surface area contributed by atoms with Gasteiger partial charge in [0.25, 0.3) is 0 Å². The Balaban J connectivity index is 3.85. The Morgan fingerprint density at radius 1 is 1.29 bits per heavy atom. The first-order chi connectivity index (χ1) is 6.74. The molecule has 0 bridgehead atoms. The fourth-order valence-corrected chi connectivity index (χ4v) is 0.907. The van der Waals surface area contributed by atoms with Crippen molar-refractivity contribution in [2.75, 3.05) is 6.54 Å². The van der Waals surface area contributed by atoms with Crippen LogP contribution in [0, 0.1) is 0 Å². The first-order valence-electron chi connectivity index (χ1n) is 4.39. The molecule has 0 aliphatic heterocycles. The average Bonchev–Trinajstić information content (AvgIpc) is 2.21. The van der Waals surface area contributed by atoms with E-state index in [1.807, 2.05) is 0 Å². The Hall–Kier alpha value is -1.64. The van der Waals surface area contributed by atoms with Crippen LogP contribution in [-0.2, 0) is 9.59 Å². The van der Waals surface area contributed by atoms with Crippen LogP contribution in [-0.4, -0.2) is 18.7 Å². The molecule has 76 valence electrons. The largest absolute Gasteiger partial charge is 0.349 e. The van der Waals surface area contributed by atoms with Crippen LogP contribution in [0.25, 0.3) is 0 Å². The van der Waals surface area contributed by atoms with E-state index in [1.165, 1.54) is 0 Å². The maximum absolute atomic E-state index is 11.1. The molecule has 0 aromatic rings. The minimum absolute atomic E-state index is 0.0768. The summed E-state index contributed by atoms with van der Waals surface area (Å²) < 4.78 is 0. The second-order valence-corrected chi connectivity index (χ2v) is 2.65. The van der Waals surface area contributed by atoms with Gasteiger partial charge in [-0.2, -0.15) is 0 Å². The zero-order valence-corrected chi connectivity index (χ0v) is 8.16. The summed E-state index contributed by atoms with van der Waals surface area (Å²) in [6, 6.07) is 0. The third kappa shape index (κ3) is 5.94. The Morgan fingerprint density at radius 3 is 2.50 bits per heavy atom. The van der Waals surface area contributed by atoms with Crippen molar-refractivity contribution < 1.29 is 9.59 Å². The van der Waals surface area contributed by atoms with Gasteiger partial charge in [-0.25, -0.2) is 0 Å². The number of rotatable bonds is 7. The van der Waals surface area contributed by atoms with Crippen molar-refractivity contribution >= 4 is 12.2 Å². The summed E-state index contributed by atoms with van der Waals surface area (Å²) >= 11 is 0. The molecule has 0 fully saturated rings. The van der Waals surface area contributed by atoms with E-state index >= 15 is 0 Å². The first-order valence-corrected chi connectivity index (χ1v) is 4.39. The van der Waals surface area contributed by atoms with Gasteiger partial charge in [-0.3, -0.25) is 4.79 Å². The number of nitrogens with one attached hydrogen (secondary N) is 1. The Morgan fingerprint density at radius 2 is 2.00 bits per heavy atom. The fourth-order valence-electron chi connectivity index (χ4n) is 0.907. The number of aldehydes is 1. The molecular formula is C11H15NO2.